The molecule has 6 atom stereocenters. The number of carbonyl (C=O) groups is 1. The topological polar surface area (TPSA) is 182 Å². The number of ketones is 1. The molecule has 0 spiro atoms. The summed E-state index contributed by atoms with van der Waals surface area (Å²) in [7, 11) is 59.2. The van der Waals surface area contributed by atoms with E-state index < -0.39 is 21.7 Å². The van der Waals surface area contributed by atoms with E-state index in [0.717, 1.165) is 185 Å². The largest absolute Gasteiger partial charge is 0.505 e. The van der Waals surface area contributed by atoms with Crippen molar-refractivity contribution in [3.63, 3.8) is 0 Å². The molecule has 5 aliphatic rings. The molecule has 0 aliphatic carbocycles. The van der Waals surface area contributed by atoms with Gasteiger partial charge in [-0.3, -0.25) is 13.8 Å². The number of carbonyl (C=O) groups excluding carboxylic acids is 1. The van der Waals surface area contributed by atoms with Crippen molar-refractivity contribution in [2.24, 2.45) is 17.8 Å². The number of rotatable bonds is 37. The van der Waals surface area contributed by atoms with Crippen molar-refractivity contribution in [1.82, 2.24) is 4.48 Å². The number of ether oxygens (including phenoxy) is 1. The molecule has 2 aromatic carbocycles. The second kappa shape index (κ2) is 75.4. The Hall–Kier alpha value is -5.44. The highest BCUT2D eigenvalue weighted by atomic mass is 31.2. The number of para-hydroxylation sites is 1. The summed E-state index contributed by atoms with van der Waals surface area (Å²) in [5.74, 6) is 25.0. The van der Waals surface area contributed by atoms with E-state index in [0.29, 0.717) is 54.3 Å². The average Bonchev–Trinajstić information content (AvgIpc) is 0.831. The summed E-state index contributed by atoms with van der Waals surface area (Å²) in [6, 6.07) is 21.6. The van der Waals surface area contributed by atoms with Crippen LogP contribution in [0.1, 0.15) is 150 Å². The van der Waals surface area contributed by atoms with Gasteiger partial charge in [0.1, 0.15) is 62.8 Å². The molecule has 23 nitrogen and oxygen atoms in total. The van der Waals surface area contributed by atoms with Gasteiger partial charge in [0, 0.05) is 76.7 Å². The fourth-order valence-electron chi connectivity index (χ4n) is 14.1. The Balaban J connectivity index is -0.000000266. The van der Waals surface area contributed by atoms with Crippen molar-refractivity contribution >= 4 is 26.9 Å². The second-order valence-electron chi connectivity index (χ2n) is 47.4. The van der Waals surface area contributed by atoms with Crippen LogP contribution in [0.5, 0.6) is 0 Å². The summed E-state index contributed by atoms with van der Waals surface area (Å²) in [5.41, 5.74) is 2.50. The number of aliphatic hydroxyl groups excluding tert-OH is 3. The normalized spacial score (nSPS) is 18.0. The zero-order valence-corrected chi connectivity index (χ0v) is 97.0. The van der Waals surface area contributed by atoms with Gasteiger partial charge in [0.2, 0.25) is 6.29 Å². The van der Waals surface area contributed by atoms with Crippen LogP contribution in [0.2, 0.25) is 0 Å². The van der Waals surface area contributed by atoms with E-state index in [-0.39, 0.29) is 19.0 Å². The maximum atomic E-state index is 10.8. The first-order valence-electron chi connectivity index (χ1n) is 50.0. The molecule has 5 heterocycles. The number of hydrogen-bond donors (Lipinski definition) is 6. The van der Waals surface area contributed by atoms with Gasteiger partial charge in [-0.2, -0.15) is 4.89 Å². The number of fused-ring (bicyclic) bond motifs is 3. The maximum absolute atomic E-state index is 10.8. The van der Waals surface area contributed by atoms with Crippen molar-refractivity contribution in [3.8, 4) is 85.9 Å². The molecular weight excluding hydrogens is 1740 g/mol. The molecule has 0 aromatic heterocycles. The lowest BCUT2D eigenvalue weighted by molar-refractivity contribution is -0.928. The number of nitrogens with zero attached hydrogens (tertiary/aromatic N) is 13. The Bertz CT molecular complexity index is 3730. The first-order valence-corrected chi connectivity index (χ1v) is 53.7. The van der Waals surface area contributed by atoms with Crippen molar-refractivity contribution in [1.29, 1.82) is 0 Å². The number of quaternary nitrogens is 13. The molecule has 0 radical (unpaired) electrons. The van der Waals surface area contributed by atoms with Crippen molar-refractivity contribution in [3.05, 3.63) is 66.2 Å². The number of piperidine rings is 3. The third-order valence-corrected chi connectivity index (χ3v) is 26.0. The highest BCUT2D eigenvalue weighted by Gasteiger charge is 2.41. The Kier molecular flexibility index (Phi) is 79.5. The van der Waals surface area contributed by atoms with Gasteiger partial charge in [0.25, 0.3) is 0 Å². The molecule has 5 fully saturated rings. The van der Waals surface area contributed by atoms with Gasteiger partial charge in [-0.05, 0) is 104 Å². The lowest BCUT2D eigenvalue weighted by Gasteiger charge is -2.49. The van der Waals surface area contributed by atoms with E-state index in [9.17, 15) is 13.9 Å². The van der Waals surface area contributed by atoms with Gasteiger partial charge in [0.15, 0.2) is 13.5 Å². The monoisotopic (exact) mass is 1960 g/mol. The van der Waals surface area contributed by atoms with Crippen LogP contribution < -0.4 is 4.48 Å². The number of hydrogen-bond acceptors (Lipinski definition) is 8. The number of Topliss-reactive ketones (excluding diaryl/α,β-unsaturated/α-hetero) is 1. The highest BCUT2D eigenvalue weighted by molar-refractivity contribution is 7.57. The summed E-state index contributed by atoms with van der Waals surface area (Å²) in [6.07, 6.45) is 49.2. The molecule has 0 amide bonds. The smallest absolute Gasteiger partial charge is 0.396 e. The standard InChI is InChI=1S/C14H22NO.C11H22N.C10H16NO.C9H16NO.C9H18NO.C9H18N.C8H14N.C8H16N.C7H18NO2P.2C7H14N.C6H15NO2P.C6H16NO2/c1-15(2)10-6-9-14(15)12-16-11-13-7-4-3-5-8-13;1-5-7-8-9-11-12(3,4)10-6-2;1-11(2,8-9-12)10-6-4-3-5-7-10;1-5-7-10(3,4)8-6-9(2)11;1-4-7-10(2,3)8-5-6-9-11;1-8-7-10(2)5-3-9(8)4-6-10;1-4-8-5-6-9(2,3)7-8;1-5-6-7-8-9(2,3)4;1-8(2,3)6-5-7-11(4,9)10;1-6-7(2)8(3,4)5;1-5-6-7-8(2,3)4;1-7(2,3)5-4-6-10(8)9;1-4-7(2,3)5-6(8)9/h3-5,7-8,14H,6,9-12H2,1-2H3;2H,5,7-11H2,1,3-4H3;3-7,12H,8-9H2,1-2H3;1H,6-8H2,2-4H3;1,11H,5-9H2,2-3H3;8-9H,3-7H2,1-2H3;1,8H,5-7H2,2-3H3;5,8H2,1-4H3;5-7H2,1-4H3;1,7H,2-5H3;1H,6-7H2,2-4H3;4-6H2,1-3H3;6,8-9H,4-5H2,1-3H3/q8*+1;;4*+1/p+2/t;;;;;8-,9?,10?;;;;;;;/m.....1......./s1. The summed E-state index contributed by atoms with van der Waals surface area (Å²) >= 11 is 0. The van der Waals surface area contributed by atoms with Gasteiger partial charge < -0.3 is 83.9 Å². The molecule has 25 heteroatoms. The predicted octanol–water partition coefficient (Wildman–Crippen LogP) is 13.0. The lowest BCUT2D eigenvalue weighted by atomic mass is 9.79. The van der Waals surface area contributed by atoms with Crippen LogP contribution in [0.3, 0.4) is 0 Å². The van der Waals surface area contributed by atoms with E-state index in [1.54, 1.807) is 6.92 Å². The van der Waals surface area contributed by atoms with Crippen LogP contribution >= 0.6 is 15.4 Å². The number of likely N-dealkylation sites (tertiary alicyclic amines) is 2. The molecule has 786 valence electrons. The molecule has 136 heavy (non-hydrogen) atoms. The van der Waals surface area contributed by atoms with Gasteiger partial charge in [-0.1, -0.05) is 94.0 Å². The molecule has 5 unspecified atom stereocenters. The van der Waals surface area contributed by atoms with E-state index >= 15 is 0 Å². The van der Waals surface area contributed by atoms with Crippen LogP contribution in [-0.4, -0.2) is 483 Å². The fraction of sp³-hybridized carbons (Fsp3) is 0.757. The number of terminal acetylenes is 6. The van der Waals surface area contributed by atoms with Gasteiger partial charge in [0.05, 0.1) is 335 Å². The summed E-state index contributed by atoms with van der Waals surface area (Å²) in [5, 5.41) is 34.5. The molecule has 2 aromatic rings. The molecule has 6 N–H and O–H groups in total. The third kappa shape index (κ3) is 97.4. The van der Waals surface area contributed by atoms with Crippen molar-refractivity contribution in [2.75, 3.05) is 375 Å². The SMILES string of the molecule is C#CC(C)[N+](C)(C)C.C#CC1CC[N+](C)(C)C1.C#CCC[N+](C)(C)C.C#CC[N+](C)(C)CCC(C)=O.C#CC[N+](C)(C)CCCCCC.C#CC[N+](C)(C)CCCCO.CCC#CC[N+](C)(C)C.CC[N+](C)(C)CC(O)O.C[C@@H]1C[N+]2(C)CCC1CC2.C[N+](C)(C)CCCP(C)(=O)O.C[N+](C)(C)CCC[P+](=O)O.C[N+](C)(CCO)c1ccccc1.C[N+]1(C)CCCC1COCc1ccccc1. The number of likely N-dealkylation sites (N-methyl/N-ethyl adjacent to an activating group) is 3. The Morgan fingerprint density at radius 3 is 1.34 bits per heavy atom. The number of benzene rings is 2. The molecule has 7 rings (SSSR count). The quantitative estimate of drug-likeness (QED) is 0.0125. The first kappa shape index (κ1) is 144. The minimum absolute atomic E-state index is 0.224. The van der Waals surface area contributed by atoms with Crippen LogP contribution in [0, 0.1) is 104 Å². The van der Waals surface area contributed by atoms with Gasteiger partial charge in [-0.15, -0.1) is 44.5 Å². The van der Waals surface area contributed by atoms with Crippen LogP contribution in [0.15, 0.2) is 60.7 Å². The highest BCUT2D eigenvalue weighted by Crippen LogP contribution is 2.37. The van der Waals surface area contributed by atoms with Crippen molar-refractivity contribution in [2.45, 2.75) is 169 Å². The Morgan fingerprint density at radius 2 is 1.03 bits per heavy atom. The zero-order valence-electron chi connectivity index (χ0n) is 95.2. The third-order valence-electron chi connectivity index (χ3n) is 24.1. The summed E-state index contributed by atoms with van der Waals surface area (Å²) in [4.78, 5) is 28.0. The van der Waals surface area contributed by atoms with E-state index in [4.69, 9.17) is 73.5 Å². The molecule has 0 saturated carbocycles. The molecule has 5 aliphatic heterocycles. The lowest BCUT2D eigenvalue weighted by Crippen LogP contribution is -2.58. The molecular formula is C111H221N13O10P2+14. The fourth-order valence-corrected chi connectivity index (χ4v) is 15.2. The van der Waals surface area contributed by atoms with E-state index in [1.807, 2.05) is 66.3 Å². The van der Waals surface area contributed by atoms with E-state index in [1.165, 1.54) is 119 Å². The van der Waals surface area contributed by atoms with Gasteiger partial charge >= 0.3 is 8.03 Å². The average molecular weight is 1960 g/mol. The Labute approximate surface area is 842 Å². The Morgan fingerprint density at radius 1 is 0.551 bits per heavy atom. The number of aliphatic hydroxyl groups is 4. The molecule has 5 saturated heterocycles. The summed E-state index contributed by atoms with van der Waals surface area (Å²) < 4.78 is 38.9. The minimum atomic E-state index is -2.76. The molecule has 2 bridgehead atoms. The zero-order chi connectivity index (χ0) is 107. The van der Waals surface area contributed by atoms with Crippen LogP contribution in [-0.2, 0) is 25.3 Å². The van der Waals surface area contributed by atoms with Gasteiger partial charge in [-0.25, -0.2) is 0 Å². The van der Waals surface area contributed by atoms with Crippen molar-refractivity contribution < 1.29 is 103 Å². The first-order chi connectivity index (χ1) is 62.1. The second-order valence-corrected chi connectivity index (χ2v) is 51.1. The number of unbranched alkanes of at least 4 members (excludes halogenated alkanes) is 4. The minimum Gasteiger partial charge on any atom is -0.396 e. The van der Waals surface area contributed by atoms with E-state index in [2.05, 4.69) is 288 Å². The summed E-state index contributed by atoms with van der Waals surface area (Å²) in [6.45, 7) is 35.4. The van der Waals surface area contributed by atoms with Crippen LogP contribution in [0.25, 0.3) is 0 Å². The predicted molar refractivity (Wildman–Crippen MR) is 587 cm³/mol. The van der Waals surface area contributed by atoms with Crippen LogP contribution in [0.4, 0.5) is 5.69 Å². The maximum Gasteiger partial charge on any atom is 0.505 e.